The molecule has 0 spiro atoms. The molecule has 1 aromatic carbocycles. The Morgan fingerprint density at radius 3 is 2.68 bits per heavy atom. The van der Waals surface area contributed by atoms with E-state index in [-0.39, 0.29) is 5.82 Å². The van der Waals surface area contributed by atoms with Gasteiger partial charge in [0.25, 0.3) is 0 Å². The lowest BCUT2D eigenvalue weighted by atomic mass is 10.1. The number of anilines is 1. The van der Waals surface area contributed by atoms with E-state index in [0.29, 0.717) is 18.6 Å². The van der Waals surface area contributed by atoms with Gasteiger partial charge < -0.3 is 9.64 Å². The average Bonchev–Trinajstić information content (AvgIpc) is 2.64. The van der Waals surface area contributed by atoms with Crippen LogP contribution in [0.2, 0.25) is 0 Å². The molecule has 6 heteroatoms. The number of aromatic nitrogens is 2. The Bertz CT molecular complexity index is 667. The Hall–Kier alpha value is -2.21. The second-order valence-electron chi connectivity index (χ2n) is 6.13. The van der Waals surface area contributed by atoms with Crippen LogP contribution in [0.5, 0.6) is 6.01 Å². The van der Waals surface area contributed by atoms with Gasteiger partial charge in [0.05, 0.1) is 7.11 Å². The molecule has 0 N–H and O–H groups in total. The summed E-state index contributed by atoms with van der Waals surface area (Å²) in [5, 5.41) is 0. The van der Waals surface area contributed by atoms with E-state index in [1.165, 1.54) is 6.07 Å². The van der Waals surface area contributed by atoms with Gasteiger partial charge in [-0.05, 0) is 39.4 Å². The van der Waals surface area contributed by atoms with Crippen molar-refractivity contribution in [1.29, 1.82) is 0 Å². The molecule has 5 nitrogen and oxygen atoms in total. The lowest BCUT2D eigenvalue weighted by Gasteiger charge is -2.28. The minimum absolute atomic E-state index is 0.148. The number of rotatable bonds is 9. The number of benzene rings is 1. The topological polar surface area (TPSA) is 41.5 Å². The maximum Gasteiger partial charge on any atom is 0.318 e. The van der Waals surface area contributed by atoms with Crippen molar-refractivity contribution in [2.24, 2.45) is 0 Å². The van der Waals surface area contributed by atoms with Gasteiger partial charge in [-0.25, -0.2) is 9.37 Å². The molecule has 0 saturated heterocycles. The van der Waals surface area contributed by atoms with Crippen molar-refractivity contribution in [3.05, 3.63) is 47.9 Å². The van der Waals surface area contributed by atoms with E-state index in [1.807, 2.05) is 25.2 Å². The molecular weight excluding hydrogens is 319 g/mol. The average molecular weight is 346 g/mol. The van der Waals surface area contributed by atoms with Gasteiger partial charge in [0.1, 0.15) is 11.6 Å². The summed E-state index contributed by atoms with van der Waals surface area (Å²) in [6.07, 6.45) is 2.66. The van der Waals surface area contributed by atoms with E-state index < -0.39 is 0 Å². The van der Waals surface area contributed by atoms with Gasteiger partial charge in [-0.1, -0.05) is 18.2 Å². The zero-order valence-corrected chi connectivity index (χ0v) is 15.4. The summed E-state index contributed by atoms with van der Waals surface area (Å²) in [7, 11) is 3.59. The van der Waals surface area contributed by atoms with E-state index in [9.17, 15) is 4.39 Å². The number of methoxy groups -OCH3 is 1. The Balaban J connectivity index is 1.92. The summed E-state index contributed by atoms with van der Waals surface area (Å²) in [6.45, 7) is 6.57. The molecule has 0 amide bonds. The molecular formula is C19H27FN4O. The van der Waals surface area contributed by atoms with Crippen LogP contribution in [-0.4, -0.2) is 48.2 Å². The minimum Gasteiger partial charge on any atom is -0.467 e. The third-order valence-electron chi connectivity index (χ3n) is 4.45. The number of halogens is 1. The van der Waals surface area contributed by atoms with Crippen molar-refractivity contribution in [3.63, 3.8) is 0 Å². The molecule has 2 rings (SSSR count). The zero-order valence-electron chi connectivity index (χ0n) is 15.4. The van der Waals surface area contributed by atoms with Crippen molar-refractivity contribution in [2.75, 3.05) is 32.1 Å². The highest BCUT2D eigenvalue weighted by Gasteiger charge is 2.14. The fourth-order valence-corrected chi connectivity index (χ4v) is 2.66. The summed E-state index contributed by atoms with van der Waals surface area (Å²) in [5.74, 6) is 0.711. The summed E-state index contributed by atoms with van der Waals surface area (Å²) >= 11 is 0. The van der Waals surface area contributed by atoms with Crippen LogP contribution in [0.25, 0.3) is 0 Å². The molecule has 1 atom stereocenters. The molecule has 0 aliphatic heterocycles. The molecule has 25 heavy (non-hydrogen) atoms. The van der Waals surface area contributed by atoms with Crippen LogP contribution in [0, 0.1) is 5.82 Å². The third-order valence-corrected chi connectivity index (χ3v) is 4.45. The Morgan fingerprint density at radius 2 is 2.00 bits per heavy atom. The molecule has 136 valence electrons. The smallest absolute Gasteiger partial charge is 0.318 e. The second kappa shape index (κ2) is 9.32. The van der Waals surface area contributed by atoms with Crippen molar-refractivity contribution in [3.8, 4) is 6.01 Å². The summed E-state index contributed by atoms with van der Waals surface area (Å²) in [6, 6.07) is 9.52. The van der Waals surface area contributed by atoms with Gasteiger partial charge in [0.15, 0.2) is 0 Å². The van der Waals surface area contributed by atoms with Crippen LogP contribution >= 0.6 is 0 Å². The summed E-state index contributed by atoms with van der Waals surface area (Å²) in [4.78, 5) is 12.8. The Morgan fingerprint density at radius 1 is 1.24 bits per heavy atom. The molecule has 1 aromatic heterocycles. The molecule has 1 unspecified atom stereocenters. The minimum atomic E-state index is -0.148. The van der Waals surface area contributed by atoms with E-state index in [1.54, 1.807) is 19.4 Å². The molecule has 0 aliphatic carbocycles. The number of hydrogen-bond donors (Lipinski definition) is 0. The largest absolute Gasteiger partial charge is 0.467 e. The van der Waals surface area contributed by atoms with Crippen molar-refractivity contribution in [2.45, 2.75) is 32.9 Å². The maximum absolute atomic E-state index is 13.8. The molecule has 0 radical (unpaired) electrons. The number of ether oxygens (including phenoxy) is 1. The van der Waals surface area contributed by atoms with Gasteiger partial charge in [0.2, 0.25) is 0 Å². The van der Waals surface area contributed by atoms with Crippen LogP contribution in [-0.2, 0) is 6.54 Å². The van der Waals surface area contributed by atoms with Crippen LogP contribution in [0.3, 0.4) is 0 Å². The SMILES string of the molecule is CCN(CCC(C)N(C)Cc1ccccc1F)c1ccnc(OC)n1. The van der Waals surface area contributed by atoms with Crippen molar-refractivity contribution in [1.82, 2.24) is 14.9 Å². The predicted octanol–water partition coefficient (Wildman–Crippen LogP) is 3.36. The molecule has 0 fully saturated rings. The van der Waals surface area contributed by atoms with Gasteiger partial charge >= 0.3 is 6.01 Å². The molecule has 0 saturated carbocycles. The quantitative estimate of drug-likeness (QED) is 0.696. The normalized spacial score (nSPS) is 12.2. The highest BCUT2D eigenvalue weighted by molar-refractivity contribution is 5.37. The highest BCUT2D eigenvalue weighted by Crippen LogP contribution is 2.16. The van der Waals surface area contributed by atoms with Gasteiger partial charge in [-0.2, -0.15) is 4.98 Å². The Kier molecular flexibility index (Phi) is 7.13. The summed E-state index contributed by atoms with van der Waals surface area (Å²) in [5.41, 5.74) is 0.727. The monoisotopic (exact) mass is 346 g/mol. The van der Waals surface area contributed by atoms with Crippen LogP contribution in [0.4, 0.5) is 10.2 Å². The predicted molar refractivity (Wildman–Crippen MR) is 98.4 cm³/mol. The first-order valence-electron chi connectivity index (χ1n) is 8.60. The second-order valence-corrected chi connectivity index (χ2v) is 6.13. The lowest BCUT2D eigenvalue weighted by Crippen LogP contribution is -2.34. The van der Waals surface area contributed by atoms with Crippen LogP contribution in [0.1, 0.15) is 25.8 Å². The molecule has 1 heterocycles. The van der Waals surface area contributed by atoms with Crippen LogP contribution in [0.15, 0.2) is 36.5 Å². The highest BCUT2D eigenvalue weighted by atomic mass is 19.1. The number of nitrogens with zero attached hydrogens (tertiary/aromatic N) is 4. The van der Waals surface area contributed by atoms with E-state index in [0.717, 1.165) is 30.9 Å². The van der Waals surface area contributed by atoms with Gasteiger partial charge in [0, 0.05) is 37.4 Å². The lowest BCUT2D eigenvalue weighted by molar-refractivity contribution is 0.236. The standard InChI is InChI=1S/C19H27FN4O/c1-5-24(18-10-12-21-19(22-18)25-4)13-11-15(2)23(3)14-16-8-6-7-9-17(16)20/h6-10,12,15H,5,11,13-14H2,1-4H3. The molecule has 0 aliphatic rings. The first kappa shape index (κ1) is 19.1. The first-order valence-corrected chi connectivity index (χ1v) is 8.60. The number of hydrogen-bond acceptors (Lipinski definition) is 5. The van der Waals surface area contributed by atoms with E-state index >= 15 is 0 Å². The molecule has 0 bridgehead atoms. The first-order chi connectivity index (χ1) is 12.0. The third kappa shape index (κ3) is 5.39. The summed E-state index contributed by atoms with van der Waals surface area (Å²) < 4.78 is 18.9. The van der Waals surface area contributed by atoms with Crippen LogP contribution < -0.4 is 9.64 Å². The van der Waals surface area contributed by atoms with Crippen molar-refractivity contribution >= 4 is 5.82 Å². The fourth-order valence-electron chi connectivity index (χ4n) is 2.66. The van der Waals surface area contributed by atoms with Gasteiger partial charge in [-0.3, -0.25) is 4.90 Å². The van der Waals surface area contributed by atoms with E-state index in [4.69, 9.17) is 4.74 Å². The maximum atomic E-state index is 13.8. The zero-order chi connectivity index (χ0) is 18.2. The Labute approximate surface area is 149 Å². The fraction of sp³-hybridized carbons (Fsp3) is 0.474. The molecule has 2 aromatic rings. The van der Waals surface area contributed by atoms with Crippen molar-refractivity contribution < 1.29 is 9.13 Å². The van der Waals surface area contributed by atoms with E-state index in [2.05, 4.69) is 33.6 Å². The van der Waals surface area contributed by atoms with Gasteiger partial charge in [-0.15, -0.1) is 0 Å².